The number of anilines is 1. The van der Waals surface area contributed by atoms with E-state index in [1.54, 1.807) is 7.11 Å². The molecule has 3 nitrogen and oxygen atoms in total. The Morgan fingerprint density at radius 3 is 2.68 bits per heavy atom. The van der Waals surface area contributed by atoms with Gasteiger partial charge in [0.25, 0.3) is 0 Å². The zero-order chi connectivity index (χ0) is 14.5. The highest BCUT2D eigenvalue weighted by molar-refractivity contribution is 7.80. The molecule has 0 saturated carbocycles. The summed E-state index contributed by atoms with van der Waals surface area (Å²) in [7, 11) is 1.73. The van der Waals surface area contributed by atoms with Gasteiger partial charge in [-0.05, 0) is 36.5 Å². The highest BCUT2D eigenvalue weighted by Gasteiger charge is 2.18. The van der Waals surface area contributed by atoms with Crippen LogP contribution in [-0.4, -0.2) is 25.2 Å². The number of aryl methyl sites for hydroxylation is 1. The third kappa shape index (κ3) is 5.17. The highest BCUT2D eigenvalue weighted by atomic mass is 32.1. The summed E-state index contributed by atoms with van der Waals surface area (Å²) in [6, 6.07) is 6.08. The minimum Gasteiger partial charge on any atom is -0.389 e. The van der Waals surface area contributed by atoms with Crippen LogP contribution in [0.2, 0.25) is 0 Å². The van der Waals surface area contributed by atoms with E-state index in [2.05, 4.69) is 32.2 Å². The first-order chi connectivity index (χ1) is 8.85. The number of hydrogen-bond acceptors (Lipinski definition) is 3. The van der Waals surface area contributed by atoms with Gasteiger partial charge in [-0.1, -0.05) is 32.1 Å². The molecule has 106 valence electrons. The average molecular weight is 280 g/mol. The molecular weight excluding hydrogens is 256 g/mol. The van der Waals surface area contributed by atoms with E-state index in [9.17, 15) is 0 Å². The summed E-state index contributed by atoms with van der Waals surface area (Å²) in [5, 5.41) is 3.46. The van der Waals surface area contributed by atoms with Crippen LogP contribution in [0.25, 0.3) is 0 Å². The molecule has 0 fully saturated rings. The monoisotopic (exact) mass is 280 g/mol. The Kier molecular flexibility index (Phi) is 5.76. The normalized spacial score (nSPS) is 11.4. The maximum Gasteiger partial charge on any atom is 0.106 e. The third-order valence-electron chi connectivity index (χ3n) is 3.18. The number of methoxy groups -OCH3 is 1. The van der Waals surface area contributed by atoms with Crippen LogP contribution in [0.1, 0.15) is 31.4 Å². The van der Waals surface area contributed by atoms with E-state index in [0.29, 0.717) is 4.99 Å². The predicted octanol–water partition coefficient (Wildman–Crippen LogP) is 3.10. The molecule has 1 aromatic rings. The summed E-state index contributed by atoms with van der Waals surface area (Å²) < 4.78 is 5.14. The van der Waals surface area contributed by atoms with E-state index in [4.69, 9.17) is 22.7 Å². The number of thiocarbonyl (C=S) groups is 1. The second-order valence-electron chi connectivity index (χ2n) is 5.67. The van der Waals surface area contributed by atoms with Crippen molar-refractivity contribution < 1.29 is 4.74 Å². The Balaban J connectivity index is 2.76. The molecule has 19 heavy (non-hydrogen) atoms. The van der Waals surface area contributed by atoms with Crippen LogP contribution in [0.3, 0.4) is 0 Å². The molecule has 0 aliphatic heterocycles. The quantitative estimate of drug-likeness (QED) is 0.753. The number of nitrogens with one attached hydrogen (secondary N) is 1. The number of benzene rings is 1. The summed E-state index contributed by atoms with van der Waals surface area (Å²) >= 11 is 5.09. The van der Waals surface area contributed by atoms with Crippen molar-refractivity contribution >= 4 is 22.9 Å². The molecule has 0 aromatic heterocycles. The van der Waals surface area contributed by atoms with Gasteiger partial charge in [0.2, 0.25) is 0 Å². The molecule has 0 heterocycles. The van der Waals surface area contributed by atoms with Gasteiger partial charge in [-0.25, -0.2) is 0 Å². The van der Waals surface area contributed by atoms with E-state index in [-0.39, 0.29) is 5.41 Å². The minimum absolute atomic E-state index is 0.160. The summed E-state index contributed by atoms with van der Waals surface area (Å²) in [5.41, 5.74) is 9.03. The lowest BCUT2D eigenvalue weighted by Gasteiger charge is -2.26. The molecule has 0 aliphatic carbocycles. The van der Waals surface area contributed by atoms with Crippen LogP contribution in [0.15, 0.2) is 18.2 Å². The number of nitrogens with two attached hydrogens (primary N) is 1. The van der Waals surface area contributed by atoms with E-state index >= 15 is 0 Å². The molecule has 0 atom stereocenters. The van der Waals surface area contributed by atoms with Crippen LogP contribution < -0.4 is 11.1 Å². The number of rotatable bonds is 7. The van der Waals surface area contributed by atoms with Crippen molar-refractivity contribution in [2.75, 3.05) is 25.6 Å². The Morgan fingerprint density at radius 1 is 1.42 bits per heavy atom. The van der Waals surface area contributed by atoms with Gasteiger partial charge in [-0.2, -0.15) is 0 Å². The lowest BCUT2D eigenvalue weighted by Crippen LogP contribution is -2.25. The van der Waals surface area contributed by atoms with E-state index in [0.717, 1.165) is 30.8 Å². The lowest BCUT2D eigenvalue weighted by molar-refractivity contribution is 0.157. The first-order valence-electron chi connectivity index (χ1n) is 6.49. The largest absolute Gasteiger partial charge is 0.389 e. The molecular formula is C15H24N2OS. The summed E-state index contributed by atoms with van der Waals surface area (Å²) in [6.07, 6.45) is 1.00. The minimum atomic E-state index is 0.160. The van der Waals surface area contributed by atoms with Crippen molar-refractivity contribution in [3.05, 3.63) is 29.3 Å². The van der Waals surface area contributed by atoms with E-state index in [1.807, 2.05) is 12.1 Å². The van der Waals surface area contributed by atoms with Gasteiger partial charge in [-0.3, -0.25) is 0 Å². The fourth-order valence-electron chi connectivity index (χ4n) is 1.82. The van der Waals surface area contributed by atoms with Crippen molar-refractivity contribution in [1.82, 2.24) is 0 Å². The summed E-state index contributed by atoms with van der Waals surface area (Å²) in [6.45, 7) is 8.12. The zero-order valence-corrected chi connectivity index (χ0v) is 13.1. The van der Waals surface area contributed by atoms with Gasteiger partial charge in [0, 0.05) is 31.5 Å². The van der Waals surface area contributed by atoms with Crippen LogP contribution >= 0.6 is 12.2 Å². The average Bonchev–Trinajstić information content (AvgIpc) is 2.34. The second kappa shape index (κ2) is 6.87. The van der Waals surface area contributed by atoms with Crippen LogP contribution in [0.4, 0.5) is 5.69 Å². The second-order valence-corrected chi connectivity index (χ2v) is 6.11. The Labute approximate surface area is 121 Å². The molecule has 1 aromatic carbocycles. The van der Waals surface area contributed by atoms with E-state index < -0.39 is 0 Å². The molecule has 0 saturated heterocycles. The van der Waals surface area contributed by atoms with Crippen molar-refractivity contribution in [2.24, 2.45) is 11.1 Å². The first kappa shape index (κ1) is 15.9. The molecule has 0 amide bonds. The maximum absolute atomic E-state index is 5.76. The Hall–Kier alpha value is -1.13. The molecule has 4 heteroatoms. The lowest BCUT2D eigenvalue weighted by atomic mass is 9.89. The highest BCUT2D eigenvalue weighted by Crippen LogP contribution is 2.23. The molecule has 0 unspecified atom stereocenters. The van der Waals surface area contributed by atoms with Gasteiger partial charge >= 0.3 is 0 Å². The van der Waals surface area contributed by atoms with Crippen molar-refractivity contribution in [3.63, 3.8) is 0 Å². The fourth-order valence-corrected chi connectivity index (χ4v) is 2.00. The fraction of sp³-hybridized carbons (Fsp3) is 0.533. The smallest absolute Gasteiger partial charge is 0.106 e. The molecule has 3 N–H and O–H groups in total. The van der Waals surface area contributed by atoms with Gasteiger partial charge in [0.05, 0.1) is 0 Å². The van der Waals surface area contributed by atoms with Crippen molar-refractivity contribution in [3.8, 4) is 0 Å². The zero-order valence-electron chi connectivity index (χ0n) is 12.2. The summed E-state index contributed by atoms with van der Waals surface area (Å²) in [4.78, 5) is 0.428. The SMILES string of the molecule is COCCC(C)(C)CNc1cc(C)ccc1C(N)=S. The Morgan fingerprint density at radius 2 is 2.11 bits per heavy atom. The first-order valence-corrected chi connectivity index (χ1v) is 6.90. The van der Waals surface area contributed by atoms with Crippen molar-refractivity contribution in [2.45, 2.75) is 27.2 Å². The Bertz CT molecular complexity index is 444. The van der Waals surface area contributed by atoms with Crippen molar-refractivity contribution in [1.29, 1.82) is 0 Å². The van der Waals surface area contributed by atoms with E-state index in [1.165, 1.54) is 5.56 Å². The standard InChI is InChI=1S/C15H24N2OS/c1-11-5-6-12(14(16)19)13(9-11)17-10-15(2,3)7-8-18-4/h5-6,9,17H,7-8,10H2,1-4H3,(H2,16,19). The predicted molar refractivity (Wildman–Crippen MR) is 85.8 cm³/mol. The molecule has 0 aliphatic rings. The van der Waals surface area contributed by atoms with Crippen LogP contribution in [0.5, 0.6) is 0 Å². The molecule has 0 radical (unpaired) electrons. The number of ether oxygens (including phenoxy) is 1. The van der Waals surface area contributed by atoms with Gasteiger partial charge in [0.1, 0.15) is 4.99 Å². The maximum atomic E-state index is 5.76. The van der Waals surface area contributed by atoms with Gasteiger partial charge in [-0.15, -0.1) is 0 Å². The topological polar surface area (TPSA) is 47.3 Å². The third-order valence-corrected chi connectivity index (χ3v) is 3.40. The molecule has 0 spiro atoms. The van der Waals surface area contributed by atoms with Gasteiger partial charge < -0.3 is 15.8 Å². The molecule has 1 rings (SSSR count). The van der Waals surface area contributed by atoms with Crippen LogP contribution in [0, 0.1) is 12.3 Å². The summed E-state index contributed by atoms with van der Waals surface area (Å²) in [5.74, 6) is 0. The number of hydrogen-bond donors (Lipinski definition) is 2. The van der Waals surface area contributed by atoms with Crippen LogP contribution in [-0.2, 0) is 4.74 Å². The van der Waals surface area contributed by atoms with Gasteiger partial charge in [0.15, 0.2) is 0 Å². The molecule has 0 bridgehead atoms.